The summed E-state index contributed by atoms with van der Waals surface area (Å²) in [6, 6.07) is 0.148. The van der Waals surface area contributed by atoms with Gasteiger partial charge in [0.05, 0.1) is 12.6 Å². The Bertz CT molecular complexity index is 244. The Kier molecular flexibility index (Phi) is 9.88. The van der Waals surface area contributed by atoms with E-state index < -0.39 is 0 Å². The third kappa shape index (κ3) is 6.92. The molecule has 114 valence electrons. The molecule has 1 amide bonds. The van der Waals surface area contributed by atoms with Crippen molar-refractivity contribution in [3.05, 3.63) is 0 Å². The Morgan fingerprint density at radius 3 is 2.32 bits per heavy atom. The van der Waals surface area contributed by atoms with E-state index in [1.807, 2.05) is 18.7 Å². The molecule has 0 aliphatic carbocycles. The first kappa shape index (κ1) is 18.4. The number of methoxy groups -OCH3 is 1. The van der Waals surface area contributed by atoms with Crippen LogP contribution in [0.1, 0.15) is 47.0 Å². The van der Waals surface area contributed by atoms with Gasteiger partial charge in [-0.3, -0.25) is 4.79 Å². The van der Waals surface area contributed by atoms with E-state index in [4.69, 9.17) is 10.5 Å². The predicted molar refractivity (Wildman–Crippen MR) is 80.0 cm³/mol. The minimum Gasteiger partial charge on any atom is -0.383 e. The lowest BCUT2D eigenvalue weighted by molar-refractivity contribution is -0.134. The van der Waals surface area contributed by atoms with Crippen LogP contribution in [0.2, 0.25) is 0 Å². The van der Waals surface area contributed by atoms with E-state index in [1.54, 1.807) is 7.11 Å². The monoisotopic (exact) mass is 272 g/mol. The number of carbonyl (C=O) groups is 1. The van der Waals surface area contributed by atoms with Crippen molar-refractivity contribution in [1.29, 1.82) is 0 Å². The van der Waals surface area contributed by atoms with Crippen molar-refractivity contribution >= 4 is 5.91 Å². The normalized spacial score (nSPS) is 14.5. The molecule has 4 heteroatoms. The summed E-state index contributed by atoms with van der Waals surface area (Å²) < 4.78 is 5.13. The topological polar surface area (TPSA) is 55.6 Å². The van der Waals surface area contributed by atoms with Gasteiger partial charge in [0.25, 0.3) is 0 Å². The van der Waals surface area contributed by atoms with Crippen molar-refractivity contribution in [3.63, 3.8) is 0 Å². The van der Waals surface area contributed by atoms with E-state index in [2.05, 4.69) is 13.8 Å². The SMILES string of the molecule is CCN(C(=O)CCC(CCN)C(C)C)C(C)COC. The summed E-state index contributed by atoms with van der Waals surface area (Å²) in [5.74, 6) is 1.36. The van der Waals surface area contributed by atoms with Crippen LogP contribution in [0.3, 0.4) is 0 Å². The molecule has 4 nitrogen and oxygen atoms in total. The zero-order valence-corrected chi connectivity index (χ0v) is 13.3. The molecular weight excluding hydrogens is 240 g/mol. The average Bonchev–Trinajstić information content (AvgIpc) is 2.35. The Morgan fingerprint density at radius 1 is 1.26 bits per heavy atom. The van der Waals surface area contributed by atoms with Crippen LogP contribution in [0.5, 0.6) is 0 Å². The Morgan fingerprint density at radius 2 is 1.89 bits per heavy atom. The van der Waals surface area contributed by atoms with Crippen LogP contribution in [0.25, 0.3) is 0 Å². The Balaban J connectivity index is 4.32. The van der Waals surface area contributed by atoms with Gasteiger partial charge in [-0.25, -0.2) is 0 Å². The summed E-state index contributed by atoms with van der Waals surface area (Å²) in [6.07, 6.45) is 2.55. The number of nitrogens with two attached hydrogens (primary N) is 1. The van der Waals surface area contributed by atoms with Gasteiger partial charge in [0.1, 0.15) is 0 Å². The van der Waals surface area contributed by atoms with Gasteiger partial charge in [-0.05, 0) is 45.1 Å². The van der Waals surface area contributed by atoms with E-state index >= 15 is 0 Å². The van der Waals surface area contributed by atoms with Crippen LogP contribution in [0.15, 0.2) is 0 Å². The van der Waals surface area contributed by atoms with E-state index in [0.717, 1.165) is 19.4 Å². The highest BCUT2D eigenvalue weighted by Crippen LogP contribution is 2.21. The van der Waals surface area contributed by atoms with E-state index in [9.17, 15) is 4.79 Å². The lowest BCUT2D eigenvalue weighted by Crippen LogP contribution is -2.41. The number of hydrogen-bond donors (Lipinski definition) is 1. The van der Waals surface area contributed by atoms with Gasteiger partial charge in [0.15, 0.2) is 0 Å². The molecule has 0 spiro atoms. The van der Waals surface area contributed by atoms with Crippen molar-refractivity contribution in [2.45, 2.75) is 53.0 Å². The fourth-order valence-electron chi connectivity index (χ4n) is 2.54. The van der Waals surface area contributed by atoms with Crippen LogP contribution in [-0.4, -0.2) is 43.7 Å². The van der Waals surface area contributed by atoms with Crippen molar-refractivity contribution < 1.29 is 9.53 Å². The van der Waals surface area contributed by atoms with Crippen LogP contribution in [0.4, 0.5) is 0 Å². The highest BCUT2D eigenvalue weighted by molar-refractivity contribution is 5.76. The second-order valence-corrected chi connectivity index (χ2v) is 5.60. The largest absolute Gasteiger partial charge is 0.383 e. The second kappa shape index (κ2) is 10.2. The van der Waals surface area contributed by atoms with Crippen LogP contribution in [-0.2, 0) is 9.53 Å². The van der Waals surface area contributed by atoms with Gasteiger partial charge in [-0.2, -0.15) is 0 Å². The molecule has 0 aromatic rings. The van der Waals surface area contributed by atoms with Crippen LogP contribution in [0, 0.1) is 11.8 Å². The maximum absolute atomic E-state index is 12.3. The lowest BCUT2D eigenvalue weighted by Gasteiger charge is -2.29. The zero-order chi connectivity index (χ0) is 14.8. The molecule has 19 heavy (non-hydrogen) atoms. The molecule has 0 bridgehead atoms. The first-order valence-electron chi connectivity index (χ1n) is 7.46. The molecule has 0 saturated carbocycles. The maximum Gasteiger partial charge on any atom is 0.222 e. The molecule has 0 aliphatic heterocycles. The number of likely N-dealkylation sites (N-methyl/N-ethyl adjacent to an activating group) is 1. The minimum absolute atomic E-state index is 0.148. The summed E-state index contributed by atoms with van der Waals surface area (Å²) in [5, 5.41) is 0. The molecule has 0 radical (unpaired) electrons. The van der Waals surface area contributed by atoms with E-state index in [1.165, 1.54) is 0 Å². The summed E-state index contributed by atoms with van der Waals surface area (Å²) in [6.45, 7) is 10.5. The molecular formula is C15H32N2O2. The predicted octanol–water partition coefficient (Wildman–Crippen LogP) is 2.27. The summed E-state index contributed by atoms with van der Waals surface area (Å²) in [5.41, 5.74) is 5.64. The second-order valence-electron chi connectivity index (χ2n) is 5.60. The molecule has 2 unspecified atom stereocenters. The highest BCUT2D eigenvalue weighted by atomic mass is 16.5. The molecule has 0 aromatic carbocycles. The highest BCUT2D eigenvalue weighted by Gasteiger charge is 2.20. The van der Waals surface area contributed by atoms with Crippen molar-refractivity contribution in [3.8, 4) is 0 Å². The smallest absolute Gasteiger partial charge is 0.222 e. The molecule has 0 aromatic heterocycles. The molecule has 2 N–H and O–H groups in total. The van der Waals surface area contributed by atoms with Crippen molar-refractivity contribution in [2.75, 3.05) is 26.8 Å². The number of carbonyl (C=O) groups excluding carboxylic acids is 1. The summed E-state index contributed by atoms with van der Waals surface area (Å²) >= 11 is 0. The van der Waals surface area contributed by atoms with Crippen molar-refractivity contribution in [1.82, 2.24) is 4.90 Å². The molecule has 0 heterocycles. The molecule has 0 rings (SSSR count). The van der Waals surface area contributed by atoms with Gasteiger partial charge in [0.2, 0.25) is 5.91 Å². The zero-order valence-electron chi connectivity index (χ0n) is 13.3. The molecule has 0 fully saturated rings. The minimum atomic E-state index is 0.148. The summed E-state index contributed by atoms with van der Waals surface area (Å²) in [4.78, 5) is 14.2. The average molecular weight is 272 g/mol. The Hall–Kier alpha value is -0.610. The number of ether oxygens (including phenoxy) is 1. The van der Waals surface area contributed by atoms with Gasteiger partial charge in [-0.15, -0.1) is 0 Å². The molecule has 2 atom stereocenters. The Labute approximate surface area is 118 Å². The third-order valence-corrected chi connectivity index (χ3v) is 3.81. The quantitative estimate of drug-likeness (QED) is 0.664. The fourth-order valence-corrected chi connectivity index (χ4v) is 2.54. The van der Waals surface area contributed by atoms with E-state index in [-0.39, 0.29) is 11.9 Å². The lowest BCUT2D eigenvalue weighted by atomic mass is 9.88. The van der Waals surface area contributed by atoms with Gasteiger partial charge in [-0.1, -0.05) is 13.8 Å². The number of nitrogens with zero attached hydrogens (tertiary/aromatic N) is 1. The van der Waals surface area contributed by atoms with Crippen LogP contribution >= 0.6 is 0 Å². The van der Waals surface area contributed by atoms with Gasteiger partial charge >= 0.3 is 0 Å². The number of hydrogen-bond acceptors (Lipinski definition) is 3. The first-order valence-corrected chi connectivity index (χ1v) is 7.46. The number of rotatable bonds is 10. The molecule has 0 aliphatic rings. The van der Waals surface area contributed by atoms with Gasteiger partial charge in [0, 0.05) is 20.1 Å². The standard InChI is InChI=1S/C15H32N2O2/c1-6-17(13(4)11-19-5)15(18)8-7-14(9-10-16)12(2)3/h12-14H,6-11,16H2,1-5H3. The third-order valence-electron chi connectivity index (χ3n) is 3.81. The number of amides is 1. The molecule has 0 saturated heterocycles. The van der Waals surface area contributed by atoms with E-state index in [0.29, 0.717) is 31.4 Å². The summed E-state index contributed by atoms with van der Waals surface area (Å²) in [7, 11) is 1.67. The first-order chi connectivity index (χ1) is 8.97. The fraction of sp³-hybridized carbons (Fsp3) is 0.933. The van der Waals surface area contributed by atoms with Crippen molar-refractivity contribution in [2.24, 2.45) is 17.6 Å². The maximum atomic E-state index is 12.3. The van der Waals surface area contributed by atoms with Crippen LogP contribution < -0.4 is 5.73 Å². The van der Waals surface area contributed by atoms with Gasteiger partial charge < -0.3 is 15.4 Å².